The van der Waals surface area contributed by atoms with Crippen LogP contribution in [0.5, 0.6) is 0 Å². The third-order valence-electron chi connectivity index (χ3n) is 1.92. The van der Waals surface area contributed by atoms with E-state index < -0.39 is 0 Å². The highest BCUT2D eigenvalue weighted by Gasteiger charge is 1.89. The Kier molecular flexibility index (Phi) is 12.6. The fourth-order valence-electron chi connectivity index (χ4n) is 1.15. The zero-order chi connectivity index (χ0) is 10.5. The molecule has 0 aliphatic heterocycles. The third kappa shape index (κ3) is 11.8. The molecule has 2 heteroatoms. The first-order valence-corrected chi connectivity index (χ1v) is 6.57. The lowest BCUT2D eigenvalue weighted by Crippen LogP contribution is -2.18. The van der Waals surface area contributed by atoms with Crippen molar-refractivity contribution in [3.8, 4) is 0 Å². The lowest BCUT2D eigenvalue weighted by molar-refractivity contribution is 0.622. The quantitative estimate of drug-likeness (QED) is 0.418. The summed E-state index contributed by atoms with van der Waals surface area (Å²) in [4.78, 5) is 0. The van der Waals surface area contributed by atoms with Crippen molar-refractivity contribution in [2.75, 3.05) is 24.6 Å². The first-order chi connectivity index (χ1) is 6.91. The summed E-state index contributed by atoms with van der Waals surface area (Å²) >= 11 is 1.93. The molecule has 0 radical (unpaired) electrons. The number of rotatable bonds is 11. The Morgan fingerprint density at radius 1 is 1.00 bits per heavy atom. The zero-order valence-electron chi connectivity index (χ0n) is 9.13. The molecule has 0 saturated carbocycles. The van der Waals surface area contributed by atoms with Crippen molar-refractivity contribution in [2.24, 2.45) is 0 Å². The predicted molar refractivity (Wildman–Crippen MR) is 69.1 cm³/mol. The minimum Gasteiger partial charge on any atom is -0.316 e. The summed E-state index contributed by atoms with van der Waals surface area (Å²) in [6.45, 7) is 9.68. The second-order valence-corrected chi connectivity index (χ2v) is 4.40. The van der Waals surface area contributed by atoms with Gasteiger partial charge in [0.2, 0.25) is 0 Å². The molecule has 0 rings (SSSR count). The first-order valence-electron chi connectivity index (χ1n) is 5.42. The van der Waals surface area contributed by atoms with Crippen LogP contribution in [-0.4, -0.2) is 24.6 Å². The van der Waals surface area contributed by atoms with Gasteiger partial charge in [0, 0.05) is 18.1 Å². The van der Waals surface area contributed by atoms with E-state index in [1.165, 1.54) is 25.0 Å². The Balaban J connectivity index is 2.84. The van der Waals surface area contributed by atoms with Gasteiger partial charge in [-0.3, -0.25) is 0 Å². The van der Waals surface area contributed by atoms with Crippen LogP contribution in [0.3, 0.4) is 0 Å². The van der Waals surface area contributed by atoms with E-state index in [0.29, 0.717) is 0 Å². The van der Waals surface area contributed by atoms with Gasteiger partial charge in [-0.25, -0.2) is 0 Å². The number of unbranched alkanes of at least 4 members (excludes halogenated alkanes) is 3. The highest BCUT2D eigenvalue weighted by molar-refractivity contribution is 7.99. The van der Waals surface area contributed by atoms with Gasteiger partial charge < -0.3 is 5.32 Å². The van der Waals surface area contributed by atoms with E-state index >= 15 is 0 Å². The number of hydrogen-bond donors (Lipinski definition) is 1. The van der Waals surface area contributed by atoms with E-state index in [1.807, 2.05) is 23.9 Å². The minimum atomic E-state index is 1.07. The molecule has 0 aromatic heterocycles. The molecular weight excluding hydrogens is 190 g/mol. The Morgan fingerprint density at radius 2 is 1.86 bits per heavy atom. The molecule has 1 nitrogen and oxygen atoms in total. The molecule has 0 unspecified atom stereocenters. The summed E-state index contributed by atoms with van der Waals surface area (Å²) in [5.41, 5.74) is 0. The summed E-state index contributed by atoms with van der Waals surface area (Å²) in [5, 5.41) is 3.44. The highest BCUT2D eigenvalue weighted by Crippen LogP contribution is 1.99. The van der Waals surface area contributed by atoms with Crippen molar-refractivity contribution in [1.82, 2.24) is 5.32 Å². The van der Waals surface area contributed by atoms with Gasteiger partial charge in [0.25, 0.3) is 0 Å². The second-order valence-electron chi connectivity index (χ2n) is 3.25. The normalized spacial score (nSPS) is 10.0. The van der Waals surface area contributed by atoms with Crippen molar-refractivity contribution < 1.29 is 0 Å². The van der Waals surface area contributed by atoms with Gasteiger partial charge in [-0.1, -0.05) is 18.6 Å². The van der Waals surface area contributed by atoms with Gasteiger partial charge >= 0.3 is 0 Å². The Bertz CT molecular complexity index is 118. The molecule has 0 amide bonds. The lowest BCUT2D eigenvalue weighted by Gasteiger charge is -2.03. The molecule has 0 aliphatic rings. The maximum Gasteiger partial charge on any atom is 0.0111 e. The number of thioether (sulfide) groups is 1. The molecule has 0 fully saturated rings. The molecule has 0 saturated heterocycles. The largest absolute Gasteiger partial charge is 0.316 e. The fraction of sp³-hybridized carbons (Fsp3) is 0.667. The van der Waals surface area contributed by atoms with Gasteiger partial charge in [-0.15, -0.1) is 13.2 Å². The van der Waals surface area contributed by atoms with Crippen LogP contribution in [0, 0.1) is 0 Å². The summed E-state index contributed by atoms with van der Waals surface area (Å²) < 4.78 is 0. The third-order valence-corrected chi connectivity index (χ3v) is 2.88. The molecule has 0 heterocycles. The molecule has 0 spiro atoms. The van der Waals surface area contributed by atoms with Crippen molar-refractivity contribution in [2.45, 2.75) is 25.7 Å². The van der Waals surface area contributed by atoms with Crippen LogP contribution in [0.25, 0.3) is 0 Å². The van der Waals surface area contributed by atoms with Crippen LogP contribution in [0.1, 0.15) is 25.7 Å². The summed E-state index contributed by atoms with van der Waals surface area (Å²) in [6, 6.07) is 0. The maximum absolute atomic E-state index is 3.71. The Morgan fingerprint density at radius 3 is 2.57 bits per heavy atom. The zero-order valence-corrected chi connectivity index (χ0v) is 9.95. The van der Waals surface area contributed by atoms with Crippen molar-refractivity contribution in [3.63, 3.8) is 0 Å². The van der Waals surface area contributed by atoms with Gasteiger partial charge in [0.05, 0.1) is 0 Å². The number of allylic oxidation sites excluding steroid dienone is 1. The molecule has 0 aromatic carbocycles. The van der Waals surface area contributed by atoms with Crippen LogP contribution in [0.15, 0.2) is 25.3 Å². The average molecular weight is 213 g/mol. The fourth-order valence-corrected chi connectivity index (χ4v) is 1.77. The van der Waals surface area contributed by atoms with E-state index in [9.17, 15) is 0 Å². The molecular formula is C12H23NS. The summed E-state index contributed by atoms with van der Waals surface area (Å²) in [6.07, 6.45) is 9.02. The van der Waals surface area contributed by atoms with Crippen LogP contribution < -0.4 is 5.32 Å². The topological polar surface area (TPSA) is 12.0 Å². The molecule has 1 N–H and O–H groups in total. The van der Waals surface area contributed by atoms with Crippen molar-refractivity contribution in [3.05, 3.63) is 25.3 Å². The van der Waals surface area contributed by atoms with Crippen molar-refractivity contribution >= 4 is 11.8 Å². The molecule has 0 aliphatic carbocycles. The standard InChI is InChI=1S/C12H23NS/c1-3-5-6-7-8-9-13-10-12-14-11-4-2/h3-4,13H,1-2,5-12H2. The van der Waals surface area contributed by atoms with E-state index in [1.54, 1.807) is 0 Å². The van der Waals surface area contributed by atoms with Gasteiger partial charge in [0.15, 0.2) is 0 Å². The molecule has 0 aromatic rings. The van der Waals surface area contributed by atoms with E-state index in [-0.39, 0.29) is 0 Å². The van der Waals surface area contributed by atoms with Crippen molar-refractivity contribution in [1.29, 1.82) is 0 Å². The Hall–Kier alpha value is -0.210. The monoisotopic (exact) mass is 213 g/mol. The second kappa shape index (κ2) is 12.8. The summed E-state index contributed by atoms with van der Waals surface area (Å²) in [5.74, 6) is 2.26. The highest BCUT2D eigenvalue weighted by atomic mass is 32.2. The molecule has 82 valence electrons. The molecule has 14 heavy (non-hydrogen) atoms. The molecule has 0 atom stereocenters. The lowest BCUT2D eigenvalue weighted by atomic mass is 10.2. The Labute approximate surface area is 93.0 Å². The SMILES string of the molecule is C=CCCCCCNCCSCC=C. The number of nitrogens with one attached hydrogen (secondary N) is 1. The van der Waals surface area contributed by atoms with Crippen LogP contribution in [0.2, 0.25) is 0 Å². The smallest absolute Gasteiger partial charge is 0.0111 e. The first kappa shape index (κ1) is 13.8. The number of hydrogen-bond acceptors (Lipinski definition) is 2. The molecule has 0 bridgehead atoms. The van der Waals surface area contributed by atoms with E-state index in [4.69, 9.17) is 0 Å². The van der Waals surface area contributed by atoms with Crippen LogP contribution in [0.4, 0.5) is 0 Å². The average Bonchev–Trinajstić information content (AvgIpc) is 2.21. The van der Waals surface area contributed by atoms with E-state index in [2.05, 4.69) is 18.5 Å². The van der Waals surface area contributed by atoms with Crippen LogP contribution in [-0.2, 0) is 0 Å². The summed E-state index contributed by atoms with van der Waals surface area (Å²) in [7, 11) is 0. The predicted octanol–water partition coefficient (Wildman–Crippen LogP) is 3.24. The van der Waals surface area contributed by atoms with Crippen LogP contribution >= 0.6 is 11.8 Å². The van der Waals surface area contributed by atoms with Gasteiger partial charge in [0.1, 0.15) is 0 Å². The maximum atomic E-state index is 3.71. The van der Waals surface area contributed by atoms with Gasteiger partial charge in [-0.2, -0.15) is 11.8 Å². The minimum absolute atomic E-state index is 1.07. The van der Waals surface area contributed by atoms with Gasteiger partial charge in [-0.05, 0) is 25.8 Å². The van der Waals surface area contributed by atoms with E-state index in [0.717, 1.165) is 25.3 Å².